The van der Waals surface area contributed by atoms with Gasteiger partial charge in [0, 0.05) is 6.92 Å². The SMILES string of the molecule is CC(=O)OCC(=Cc1ccccc1C)C(C)C. The molecule has 17 heavy (non-hydrogen) atoms. The molecule has 1 rings (SSSR count). The summed E-state index contributed by atoms with van der Waals surface area (Å²) in [5.41, 5.74) is 3.55. The van der Waals surface area contributed by atoms with E-state index >= 15 is 0 Å². The third-order valence-corrected chi connectivity index (χ3v) is 2.71. The molecule has 92 valence electrons. The predicted octanol–water partition coefficient (Wildman–Crippen LogP) is 3.60. The van der Waals surface area contributed by atoms with Gasteiger partial charge in [-0.15, -0.1) is 0 Å². The van der Waals surface area contributed by atoms with Crippen LogP contribution in [0.5, 0.6) is 0 Å². The summed E-state index contributed by atoms with van der Waals surface area (Å²) in [5.74, 6) is 0.135. The van der Waals surface area contributed by atoms with E-state index in [9.17, 15) is 4.79 Å². The number of esters is 1. The van der Waals surface area contributed by atoms with Crippen LogP contribution in [0.15, 0.2) is 29.8 Å². The van der Waals surface area contributed by atoms with Gasteiger partial charge >= 0.3 is 5.97 Å². The number of carbonyl (C=O) groups excluding carboxylic acids is 1. The van der Waals surface area contributed by atoms with Gasteiger partial charge in [0.1, 0.15) is 6.61 Å². The number of benzene rings is 1. The molecule has 0 atom stereocenters. The Balaban J connectivity index is 2.90. The molecular weight excluding hydrogens is 212 g/mol. The van der Waals surface area contributed by atoms with E-state index in [0.717, 1.165) is 5.57 Å². The van der Waals surface area contributed by atoms with Crippen molar-refractivity contribution < 1.29 is 9.53 Å². The first-order valence-electron chi connectivity index (χ1n) is 5.90. The molecule has 0 aliphatic heterocycles. The summed E-state index contributed by atoms with van der Waals surface area (Å²) < 4.78 is 5.07. The Morgan fingerprint density at radius 2 is 2.00 bits per heavy atom. The maximum absolute atomic E-state index is 10.8. The molecule has 0 amide bonds. The first kappa shape index (κ1) is 13.5. The summed E-state index contributed by atoms with van der Waals surface area (Å²) in [6.07, 6.45) is 2.11. The lowest BCUT2D eigenvalue weighted by molar-refractivity contribution is -0.140. The van der Waals surface area contributed by atoms with Gasteiger partial charge in [-0.1, -0.05) is 44.2 Å². The molecule has 0 heterocycles. The van der Waals surface area contributed by atoms with Gasteiger partial charge in [-0.05, 0) is 29.5 Å². The molecule has 0 saturated carbocycles. The number of aryl methyl sites for hydroxylation is 1. The molecule has 0 saturated heterocycles. The number of hydrogen-bond acceptors (Lipinski definition) is 2. The Labute approximate surface area is 103 Å². The van der Waals surface area contributed by atoms with Crippen molar-refractivity contribution in [2.24, 2.45) is 5.92 Å². The monoisotopic (exact) mass is 232 g/mol. The molecule has 0 spiro atoms. The fraction of sp³-hybridized carbons (Fsp3) is 0.400. The number of ether oxygens (including phenoxy) is 1. The maximum atomic E-state index is 10.8. The minimum absolute atomic E-state index is 0.235. The maximum Gasteiger partial charge on any atom is 0.302 e. The van der Waals surface area contributed by atoms with Crippen LogP contribution in [-0.2, 0) is 9.53 Å². The molecule has 0 N–H and O–H groups in total. The van der Waals surface area contributed by atoms with Crippen molar-refractivity contribution in [3.05, 3.63) is 41.0 Å². The van der Waals surface area contributed by atoms with Gasteiger partial charge in [0.15, 0.2) is 0 Å². The first-order valence-corrected chi connectivity index (χ1v) is 5.90. The van der Waals surface area contributed by atoms with Gasteiger partial charge in [0.25, 0.3) is 0 Å². The van der Waals surface area contributed by atoms with Gasteiger partial charge < -0.3 is 4.74 Å². The van der Waals surface area contributed by atoms with Crippen molar-refractivity contribution in [2.45, 2.75) is 27.7 Å². The predicted molar refractivity (Wildman–Crippen MR) is 70.6 cm³/mol. The highest BCUT2D eigenvalue weighted by Crippen LogP contribution is 2.17. The second kappa shape index (κ2) is 6.24. The van der Waals surface area contributed by atoms with Gasteiger partial charge in [-0.3, -0.25) is 4.79 Å². The first-order chi connectivity index (χ1) is 8.00. The molecule has 1 aromatic carbocycles. The van der Waals surface area contributed by atoms with E-state index in [0.29, 0.717) is 12.5 Å². The van der Waals surface area contributed by atoms with E-state index in [1.165, 1.54) is 18.1 Å². The average Bonchev–Trinajstić information content (AvgIpc) is 2.25. The molecule has 0 bridgehead atoms. The van der Waals surface area contributed by atoms with Crippen LogP contribution in [0.4, 0.5) is 0 Å². The third kappa shape index (κ3) is 4.43. The van der Waals surface area contributed by atoms with Gasteiger partial charge in [0.05, 0.1) is 0 Å². The van der Waals surface area contributed by atoms with Crippen molar-refractivity contribution in [1.82, 2.24) is 0 Å². The van der Waals surface area contributed by atoms with Crippen LogP contribution < -0.4 is 0 Å². The molecule has 0 fully saturated rings. The highest BCUT2D eigenvalue weighted by atomic mass is 16.5. The Morgan fingerprint density at radius 1 is 1.35 bits per heavy atom. The van der Waals surface area contributed by atoms with Crippen molar-refractivity contribution >= 4 is 12.0 Å². The summed E-state index contributed by atoms with van der Waals surface area (Å²) in [6.45, 7) is 8.10. The quantitative estimate of drug-likeness (QED) is 0.741. The zero-order chi connectivity index (χ0) is 12.8. The van der Waals surface area contributed by atoms with Crippen molar-refractivity contribution in [3.8, 4) is 0 Å². The Hall–Kier alpha value is -1.57. The number of hydrogen-bond donors (Lipinski definition) is 0. The Morgan fingerprint density at radius 3 is 2.53 bits per heavy atom. The minimum Gasteiger partial charge on any atom is -0.461 e. The van der Waals surface area contributed by atoms with Gasteiger partial charge in [-0.2, -0.15) is 0 Å². The van der Waals surface area contributed by atoms with Crippen LogP contribution in [0.25, 0.3) is 6.08 Å². The second-order valence-electron chi connectivity index (χ2n) is 4.51. The lowest BCUT2D eigenvalue weighted by atomic mass is 9.99. The lowest BCUT2D eigenvalue weighted by Gasteiger charge is -2.12. The van der Waals surface area contributed by atoms with E-state index in [4.69, 9.17) is 4.74 Å². The second-order valence-corrected chi connectivity index (χ2v) is 4.51. The number of carbonyl (C=O) groups is 1. The van der Waals surface area contributed by atoms with Crippen molar-refractivity contribution in [1.29, 1.82) is 0 Å². The van der Waals surface area contributed by atoms with Gasteiger partial charge in [0.2, 0.25) is 0 Å². The van der Waals surface area contributed by atoms with E-state index in [-0.39, 0.29) is 5.97 Å². The summed E-state index contributed by atoms with van der Waals surface area (Å²) >= 11 is 0. The highest BCUT2D eigenvalue weighted by Gasteiger charge is 2.06. The normalized spacial score (nSPS) is 11.7. The molecule has 0 aliphatic carbocycles. The molecule has 0 aliphatic rings. The summed E-state index contributed by atoms with van der Waals surface area (Å²) in [6, 6.07) is 8.19. The summed E-state index contributed by atoms with van der Waals surface area (Å²) in [5, 5.41) is 0. The van der Waals surface area contributed by atoms with Crippen LogP contribution >= 0.6 is 0 Å². The van der Waals surface area contributed by atoms with Crippen LogP contribution in [0, 0.1) is 12.8 Å². The van der Waals surface area contributed by atoms with E-state index in [1.54, 1.807) is 0 Å². The fourth-order valence-electron chi connectivity index (χ4n) is 1.51. The molecule has 0 radical (unpaired) electrons. The van der Waals surface area contributed by atoms with Crippen LogP contribution in [0.1, 0.15) is 31.9 Å². The molecule has 2 nitrogen and oxygen atoms in total. The molecule has 1 aromatic rings. The largest absolute Gasteiger partial charge is 0.461 e. The topological polar surface area (TPSA) is 26.3 Å². The summed E-state index contributed by atoms with van der Waals surface area (Å²) in [7, 11) is 0. The van der Waals surface area contributed by atoms with Gasteiger partial charge in [-0.25, -0.2) is 0 Å². The van der Waals surface area contributed by atoms with Crippen LogP contribution in [0.2, 0.25) is 0 Å². The van der Waals surface area contributed by atoms with Crippen molar-refractivity contribution in [3.63, 3.8) is 0 Å². The van der Waals surface area contributed by atoms with Crippen LogP contribution in [-0.4, -0.2) is 12.6 Å². The Kier molecular flexibility index (Phi) is 4.95. The zero-order valence-corrected chi connectivity index (χ0v) is 11.0. The standard InChI is InChI=1S/C15H20O2/c1-11(2)15(10-17-13(4)16)9-14-8-6-5-7-12(14)3/h5-9,11H,10H2,1-4H3. The van der Waals surface area contributed by atoms with E-state index in [1.807, 2.05) is 12.1 Å². The lowest BCUT2D eigenvalue weighted by Crippen LogP contribution is -2.07. The minimum atomic E-state index is -0.235. The molecular formula is C15H20O2. The average molecular weight is 232 g/mol. The highest BCUT2D eigenvalue weighted by molar-refractivity contribution is 5.66. The smallest absolute Gasteiger partial charge is 0.302 e. The Bertz CT molecular complexity index is 417. The molecule has 0 aromatic heterocycles. The molecule has 0 unspecified atom stereocenters. The summed E-state index contributed by atoms with van der Waals surface area (Å²) in [4.78, 5) is 10.8. The fourth-order valence-corrected chi connectivity index (χ4v) is 1.51. The van der Waals surface area contributed by atoms with Crippen LogP contribution in [0.3, 0.4) is 0 Å². The zero-order valence-electron chi connectivity index (χ0n) is 11.0. The molecule has 2 heteroatoms. The number of rotatable bonds is 4. The van der Waals surface area contributed by atoms with E-state index < -0.39 is 0 Å². The third-order valence-electron chi connectivity index (χ3n) is 2.71. The van der Waals surface area contributed by atoms with Crippen molar-refractivity contribution in [2.75, 3.05) is 6.61 Å². The van der Waals surface area contributed by atoms with E-state index in [2.05, 4.69) is 39.0 Å².